The van der Waals surface area contributed by atoms with Crippen molar-refractivity contribution in [2.75, 3.05) is 0 Å². The molecule has 0 bridgehead atoms. The van der Waals surface area contributed by atoms with Gasteiger partial charge in [0.15, 0.2) is 0 Å². The van der Waals surface area contributed by atoms with Crippen molar-refractivity contribution in [2.24, 2.45) is 13.0 Å². The van der Waals surface area contributed by atoms with Crippen molar-refractivity contribution in [3.8, 4) is 0 Å². The van der Waals surface area contributed by atoms with E-state index in [1.165, 1.54) is 0 Å². The van der Waals surface area contributed by atoms with Crippen molar-refractivity contribution >= 4 is 5.97 Å². The molecule has 0 aromatic carbocycles. The molecule has 1 heterocycles. The Balaban J connectivity index is 2.25. The molecule has 1 N–H and O–H groups in total. The lowest BCUT2D eigenvalue weighted by molar-refractivity contribution is -0.138. The normalized spacial score (nSPS) is 24.5. The summed E-state index contributed by atoms with van der Waals surface area (Å²) in [4.78, 5) is 10.8. The number of carboxylic acids is 1. The third-order valence-corrected chi connectivity index (χ3v) is 3.17. The third kappa shape index (κ3) is 1.84. The number of carbonyl (C=O) groups is 1. The zero-order chi connectivity index (χ0) is 12.1. The zero-order valence-corrected chi connectivity index (χ0v) is 10.2. The molecule has 0 radical (unpaired) electrons. The minimum Gasteiger partial charge on any atom is -0.481 e. The van der Waals surface area contributed by atoms with Gasteiger partial charge in [-0.25, -0.2) is 0 Å². The first-order valence-corrected chi connectivity index (χ1v) is 5.58. The number of aliphatic carboxylic acids is 1. The highest BCUT2D eigenvalue weighted by Crippen LogP contribution is 2.47. The van der Waals surface area contributed by atoms with E-state index < -0.39 is 5.97 Å². The number of aromatic nitrogens is 2. The van der Waals surface area contributed by atoms with Crippen LogP contribution < -0.4 is 0 Å². The summed E-state index contributed by atoms with van der Waals surface area (Å²) < 4.78 is 1.83. The summed E-state index contributed by atoms with van der Waals surface area (Å²) in [5.41, 5.74) is 2.10. The highest BCUT2D eigenvalue weighted by Gasteiger charge is 2.46. The molecule has 2 atom stereocenters. The van der Waals surface area contributed by atoms with Gasteiger partial charge in [-0.05, 0) is 12.5 Å². The average Bonchev–Trinajstić information content (AvgIpc) is 2.82. The van der Waals surface area contributed by atoms with Crippen molar-refractivity contribution in [1.82, 2.24) is 9.78 Å². The van der Waals surface area contributed by atoms with Crippen LogP contribution in [0, 0.1) is 5.92 Å². The van der Waals surface area contributed by atoms with Gasteiger partial charge in [-0.2, -0.15) is 5.10 Å². The maximum absolute atomic E-state index is 10.8. The summed E-state index contributed by atoms with van der Waals surface area (Å²) in [5.74, 6) is -0.738. The Morgan fingerprint density at radius 1 is 1.56 bits per heavy atom. The van der Waals surface area contributed by atoms with Crippen LogP contribution in [0.25, 0.3) is 0 Å². The van der Waals surface area contributed by atoms with Gasteiger partial charge in [-0.1, -0.05) is 20.8 Å². The second-order valence-corrected chi connectivity index (χ2v) is 5.61. The molecule has 1 aromatic rings. The Bertz CT molecular complexity index is 429. The fourth-order valence-corrected chi connectivity index (χ4v) is 1.99. The predicted molar refractivity (Wildman–Crippen MR) is 60.4 cm³/mol. The summed E-state index contributed by atoms with van der Waals surface area (Å²) in [5, 5.41) is 13.4. The molecule has 4 nitrogen and oxygen atoms in total. The van der Waals surface area contributed by atoms with E-state index in [1.54, 1.807) is 0 Å². The van der Waals surface area contributed by atoms with E-state index in [0.717, 1.165) is 17.8 Å². The van der Waals surface area contributed by atoms with E-state index >= 15 is 0 Å². The van der Waals surface area contributed by atoms with Gasteiger partial charge in [0.2, 0.25) is 0 Å². The van der Waals surface area contributed by atoms with Gasteiger partial charge in [0, 0.05) is 24.1 Å². The smallest absolute Gasteiger partial charge is 0.307 e. The molecule has 0 spiro atoms. The van der Waals surface area contributed by atoms with Crippen LogP contribution in [0.1, 0.15) is 44.5 Å². The first-order chi connectivity index (χ1) is 7.30. The number of carboxylic acid groups (broad SMARTS) is 1. The maximum Gasteiger partial charge on any atom is 0.307 e. The Morgan fingerprint density at radius 3 is 2.56 bits per heavy atom. The van der Waals surface area contributed by atoms with Crippen LogP contribution in [0.4, 0.5) is 0 Å². The van der Waals surface area contributed by atoms with Gasteiger partial charge in [0.25, 0.3) is 0 Å². The van der Waals surface area contributed by atoms with Gasteiger partial charge in [-0.3, -0.25) is 9.48 Å². The third-order valence-electron chi connectivity index (χ3n) is 3.17. The number of nitrogens with zero attached hydrogens (tertiary/aromatic N) is 2. The molecule has 4 heteroatoms. The summed E-state index contributed by atoms with van der Waals surface area (Å²) in [7, 11) is 1.89. The molecule has 16 heavy (non-hydrogen) atoms. The molecule has 1 aliphatic rings. The largest absolute Gasteiger partial charge is 0.481 e. The van der Waals surface area contributed by atoms with E-state index in [4.69, 9.17) is 5.11 Å². The monoisotopic (exact) mass is 222 g/mol. The highest BCUT2D eigenvalue weighted by atomic mass is 16.4. The quantitative estimate of drug-likeness (QED) is 0.831. The van der Waals surface area contributed by atoms with Gasteiger partial charge in [0.05, 0.1) is 11.6 Å². The summed E-state index contributed by atoms with van der Waals surface area (Å²) in [6.45, 7) is 6.34. The Kier molecular flexibility index (Phi) is 2.33. The Labute approximate surface area is 95.3 Å². The molecule has 88 valence electrons. The van der Waals surface area contributed by atoms with Crippen LogP contribution >= 0.6 is 0 Å². The summed E-state index contributed by atoms with van der Waals surface area (Å²) in [6, 6.07) is 2.05. The van der Waals surface area contributed by atoms with E-state index in [-0.39, 0.29) is 17.3 Å². The van der Waals surface area contributed by atoms with Crippen molar-refractivity contribution in [2.45, 2.75) is 38.5 Å². The van der Waals surface area contributed by atoms with Crippen molar-refractivity contribution in [3.63, 3.8) is 0 Å². The predicted octanol–water partition coefficient (Wildman–Crippen LogP) is 1.91. The van der Waals surface area contributed by atoms with Crippen LogP contribution in [0.5, 0.6) is 0 Å². The molecule has 1 aromatic heterocycles. The molecule has 1 fully saturated rings. The Morgan fingerprint density at radius 2 is 2.19 bits per heavy atom. The lowest BCUT2D eigenvalue weighted by Crippen LogP contribution is -2.12. The second kappa shape index (κ2) is 3.34. The fourth-order valence-electron chi connectivity index (χ4n) is 1.99. The fraction of sp³-hybridized carbons (Fsp3) is 0.667. The summed E-state index contributed by atoms with van der Waals surface area (Å²) >= 11 is 0. The molecule has 0 aliphatic heterocycles. The number of hydrogen-bond donors (Lipinski definition) is 1. The van der Waals surface area contributed by atoms with E-state index in [9.17, 15) is 4.79 Å². The number of rotatable bonds is 2. The standard InChI is InChI=1S/C12H18N2O2/c1-12(2,3)10-6-9(14(4)13-10)7-5-8(7)11(15)16/h6-8H,5H2,1-4H3,(H,15,16). The molecule has 1 aliphatic carbocycles. The zero-order valence-electron chi connectivity index (χ0n) is 10.2. The van der Waals surface area contributed by atoms with Gasteiger partial charge >= 0.3 is 5.97 Å². The van der Waals surface area contributed by atoms with Crippen molar-refractivity contribution < 1.29 is 9.90 Å². The van der Waals surface area contributed by atoms with Crippen molar-refractivity contribution in [1.29, 1.82) is 0 Å². The van der Waals surface area contributed by atoms with Crippen LogP contribution in [0.3, 0.4) is 0 Å². The number of aryl methyl sites for hydroxylation is 1. The van der Waals surface area contributed by atoms with Gasteiger partial charge in [0.1, 0.15) is 0 Å². The van der Waals surface area contributed by atoms with Gasteiger partial charge < -0.3 is 5.11 Å². The molecule has 1 saturated carbocycles. The van der Waals surface area contributed by atoms with Crippen LogP contribution in [-0.2, 0) is 17.3 Å². The number of hydrogen-bond acceptors (Lipinski definition) is 2. The topological polar surface area (TPSA) is 55.1 Å². The highest BCUT2D eigenvalue weighted by molar-refractivity contribution is 5.75. The first kappa shape index (κ1) is 11.2. The Hall–Kier alpha value is -1.32. The summed E-state index contributed by atoms with van der Waals surface area (Å²) in [6.07, 6.45) is 0.748. The first-order valence-electron chi connectivity index (χ1n) is 5.58. The van der Waals surface area contributed by atoms with E-state index in [2.05, 4.69) is 25.9 Å². The maximum atomic E-state index is 10.8. The lowest BCUT2D eigenvalue weighted by atomic mass is 9.92. The molecule has 0 saturated heterocycles. The van der Waals surface area contributed by atoms with Crippen LogP contribution in [-0.4, -0.2) is 20.9 Å². The molecule has 0 amide bonds. The van der Waals surface area contributed by atoms with Gasteiger partial charge in [-0.15, -0.1) is 0 Å². The van der Waals surface area contributed by atoms with E-state index in [0.29, 0.717) is 0 Å². The molecular weight excluding hydrogens is 204 g/mol. The molecule has 2 rings (SSSR count). The van der Waals surface area contributed by atoms with E-state index in [1.807, 2.05) is 17.8 Å². The average molecular weight is 222 g/mol. The van der Waals surface area contributed by atoms with Crippen LogP contribution in [0.2, 0.25) is 0 Å². The molecular formula is C12H18N2O2. The second-order valence-electron chi connectivity index (χ2n) is 5.61. The minimum absolute atomic E-state index is 0.0175. The minimum atomic E-state index is -0.691. The van der Waals surface area contributed by atoms with Crippen LogP contribution in [0.15, 0.2) is 6.07 Å². The SMILES string of the molecule is Cn1nc(C(C)(C)C)cc1C1CC1C(=O)O. The van der Waals surface area contributed by atoms with Crippen molar-refractivity contribution in [3.05, 3.63) is 17.5 Å². The molecule has 2 unspecified atom stereocenters. The lowest BCUT2D eigenvalue weighted by Gasteiger charge is -2.13.